The van der Waals surface area contributed by atoms with Gasteiger partial charge in [0.25, 0.3) is 0 Å². The van der Waals surface area contributed by atoms with E-state index in [1.165, 1.54) is 0 Å². The number of halogens is 2. The van der Waals surface area contributed by atoms with Crippen LogP contribution in [-0.2, 0) is 4.74 Å². The van der Waals surface area contributed by atoms with E-state index < -0.39 is 18.3 Å². The van der Waals surface area contributed by atoms with E-state index in [0.717, 1.165) is 0 Å². The molecule has 0 aliphatic heterocycles. The maximum Gasteiger partial charge on any atom is 0.140 e. The SMILES string of the molecule is CC(C)(C)OCC1C(F)C1F. The molecule has 0 heterocycles. The fourth-order valence-electron chi connectivity index (χ4n) is 0.823. The van der Waals surface area contributed by atoms with E-state index in [2.05, 4.69) is 0 Å². The first-order chi connectivity index (χ1) is 4.92. The lowest BCUT2D eigenvalue weighted by Gasteiger charge is -2.18. The van der Waals surface area contributed by atoms with Gasteiger partial charge < -0.3 is 4.74 Å². The van der Waals surface area contributed by atoms with Crippen LogP contribution in [0.25, 0.3) is 0 Å². The van der Waals surface area contributed by atoms with E-state index in [9.17, 15) is 8.78 Å². The van der Waals surface area contributed by atoms with Crippen molar-refractivity contribution < 1.29 is 13.5 Å². The van der Waals surface area contributed by atoms with Gasteiger partial charge >= 0.3 is 0 Å². The molecule has 0 aromatic heterocycles. The first kappa shape index (κ1) is 8.91. The minimum Gasteiger partial charge on any atom is -0.375 e. The highest BCUT2D eigenvalue weighted by atomic mass is 19.2. The average Bonchev–Trinajstić information content (AvgIpc) is 2.36. The molecule has 2 atom stereocenters. The van der Waals surface area contributed by atoms with Crippen LogP contribution in [0.4, 0.5) is 8.78 Å². The molecular formula is C8H14F2O. The van der Waals surface area contributed by atoms with Gasteiger partial charge in [0.05, 0.1) is 18.1 Å². The number of hydrogen-bond acceptors (Lipinski definition) is 1. The van der Waals surface area contributed by atoms with Crippen molar-refractivity contribution in [1.82, 2.24) is 0 Å². The van der Waals surface area contributed by atoms with Crippen molar-refractivity contribution >= 4 is 0 Å². The first-order valence-electron chi connectivity index (χ1n) is 3.84. The molecule has 3 heteroatoms. The van der Waals surface area contributed by atoms with Crippen LogP contribution in [0.1, 0.15) is 20.8 Å². The van der Waals surface area contributed by atoms with E-state index in [-0.39, 0.29) is 12.2 Å². The maximum absolute atomic E-state index is 12.3. The topological polar surface area (TPSA) is 9.23 Å². The van der Waals surface area contributed by atoms with Gasteiger partial charge in [-0.25, -0.2) is 8.78 Å². The Morgan fingerprint density at radius 2 is 1.64 bits per heavy atom. The van der Waals surface area contributed by atoms with E-state index in [1.807, 2.05) is 20.8 Å². The molecule has 0 bridgehead atoms. The summed E-state index contributed by atoms with van der Waals surface area (Å²) in [7, 11) is 0. The average molecular weight is 164 g/mol. The Morgan fingerprint density at radius 3 is 1.91 bits per heavy atom. The van der Waals surface area contributed by atoms with Crippen molar-refractivity contribution in [2.75, 3.05) is 6.61 Å². The van der Waals surface area contributed by atoms with Crippen molar-refractivity contribution in [3.63, 3.8) is 0 Å². The number of ether oxygens (including phenoxy) is 1. The molecule has 0 spiro atoms. The van der Waals surface area contributed by atoms with Crippen molar-refractivity contribution in [2.45, 2.75) is 38.7 Å². The van der Waals surface area contributed by atoms with E-state index >= 15 is 0 Å². The zero-order valence-corrected chi connectivity index (χ0v) is 7.10. The summed E-state index contributed by atoms with van der Waals surface area (Å²) in [6, 6.07) is 0. The van der Waals surface area contributed by atoms with Crippen molar-refractivity contribution in [3.05, 3.63) is 0 Å². The van der Waals surface area contributed by atoms with Crippen LogP contribution in [-0.4, -0.2) is 24.6 Å². The lowest BCUT2D eigenvalue weighted by molar-refractivity contribution is -0.0130. The molecule has 0 aromatic carbocycles. The van der Waals surface area contributed by atoms with Gasteiger partial charge in [-0.3, -0.25) is 0 Å². The molecule has 11 heavy (non-hydrogen) atoms. The third-order valence-electron chi connectivity index (χ3n) is 1.69. The van der Waals surface area contributed by atoms with Gasteiger partial charge in [-0.2, -0.15) is 0 Å². The first-order valence-corrected chi connectivity index (χ1v) is 3.84. The summed E-state index contributed by atoms with van der Waals surface area (Å²) in [6.07, 6.45) is -2.56. The largest absolute Gasteiger partial charge is 0.375 e. The second-order valence-electron chi connectivity index (χ2n) is 3.98. The molecule has 0 radical (unpaired) electrons. The summed E-state index contributed by atoms with van der Waals surface area (Å²) in [5.74, 6) is -0.505. The Labute approximate surface area is 65.7 Å². The Bertz CT molecular complexity index is 134. The van der Waals surface area contributed by atoms with Crippen LogP contribution in [0.15, 0.2) is 0 Å². The molecule has 1 saturated carbocycles. The molecular weight excluding hydrogens is 150 g/mol. The van der Waals surface area contributed by atoms with Crippen molar-refractivity contribution in [3.8, 4) is 0 Å². The standard InChI is InChI=1S/C8H14F2O/c1-8(2,3)11-4-5-6(9)7(5)10/h5-7H,4H2,1-3H3. The van der Waals surface area contributed by atoms with E-state index in [4.69, 9.17) is 4.74 Å². The normalized spacial score (nSPS) is 37.4. The zero-order chi connectivity index (χ0) is 8.65. The van der Waals surface area contributed by atoms with Crippen LogP contribution in [0.5, 0.6) is 0 Å². The monoisotopic (exact) mass is 164 g/mol. The summed E-state index contributed by atoms with van der Waals surface area (Å²) in [5, 5.41) is 0. The van der Waals surface area contributed by atoms with Gasteiger partial charge in [0.15, 0.2) is 0 Å². The molecule has 1 fully saturated rings. The van der Waals surface area contributed by atoms with Gasteiger partial charge in [0.2, 0.25) is 0 Å². The van der Waals surface area contributed by atoms with Crippen LogP contribution in [0, 0.1) is 5.92 Å². The number of rotatable bonds is 2. The lowest BCUT2D eigenvalue weighted by Crippen LogP contribution is -2.21. The minimum atomic E-state index is -1.28. The van der Waals surface area contributed by atoms with Crippen LogP contribution in [0.2, 0.25) is 0 Å². The van der Waals surface area contributed by atoms with E-state index in [0.29, 0.717) is 0 Å². The molecule has 1 aliphatic carbocycles. The Hall–Kier alpha value is -0.180. The second-order valence-corrected chi connectivity index (χ2v) is 3.98. The Balaban J connectivity index is 2.15. The highest BCUT2D eigenvalue weighted by Gasteiger charge is 2.52. The van der Waals surface area contributed by atoms with Crippen LogP contribution < -0.4 is 0 Å². The summed E-state index contributed by atoms with van der Waals surface area (Å²) >= 11 is 0. The van der Waals surface area contributed by atoms with Crippen LogP contribution >= 0.6 is 0 Å². The minimum absolute atomic E-state index is 0.200. The third-order valence-corrected chi connectivity index (χ3v) is 1.69. The van der Waals surface area contributed by atoms with Gasteiger partial charge in [0, 0.05) is 0 Å². The Kier molecular flexibility index (Phi) is 2.19. The number of alkyl halides is 2. The molecule has 0 saturated heterocycles. The molecule has 1 aliphatic rings. The molecule has 2 unspecified atom stereocenters. The summed E-state index contributed by atoms with van der Waals surface area (Å²) in [6.45, 7) is 5.81. The predicted octanol–water partition coefficient (Wildman–Crippen LogP) is 2.11. The summed E-state index contributed by atoms with van der Waals surface area (Å²) in [4.78, 5) is 0. The lowest BCUT2D eigenvalue weighted by atomic mass is 10.2. The highest BCUT2D eigenvalue weighted by Crippen LogP contribution is 2.38. The molecule has 1 rings (SSSR count). The fourth-order valence-corrected chi connectivity index (χ4v) is 0.823. The van der Waals surface area contributed by atoms with Crippen LogP contribution in [0.3, 0.4) is 0 Å². The smallest absolute Gasteiger partial charge is 0.140 e. The highest BCUT2D eigenvalue weighted by molar-refractivity contribution is 4.98. The third kappa shape index (κ3) is 2.40. The quantitative estimate of drug-likeness (QED) is 0.607. The fraction of sp³-hybridized carbons (Fsp3) is 1.00. The van der Waals surface area contributed by atoms with Crippen molar-refractivity contribution in [2.24, 2.45) is 5.92 Å². The van der Waals surface area contributed by atoms with Gasteiger partial charge in [0.1, 0.15) is 12.3 Å². The molecule has 0 amide bonds. The Morgan fingerprint density at radius 1 is 1.18 bits per heavy atom. The second kappa shape index (κ2) is 2.70. The molecule has 66 valence electrons. The molecule has 0 N–H and O–H groups in total. The zero-order valence-electron chi connectivity index (χ0n) is 7.10. The number of hydrogen-bond donors (Lipinski definition) is 0. The van der Waals surface area contributed by atoms with Crippen molar-refractivity contribution in [1.29, 1.82) is 0 Å². The maximum atomic E-state index is 12.3. The summed E-state index contributed by atoms with van der Waals surface area (Å²) in [5.41, 5.74) is -0.290. The van der Waals surface area contributed by atoms with Gasteiger partial charge in [-0.15, -0.1) is 0 Å². The molecule has 1 nitrogen and oxygen atoms in total. The summed E-state index contributed by atoms with van der Waals surface area (Å²) < 4.78 is 29.8. The van der Waals surface area contributed by atoms with Gasteiger partial charge in [-0.05, 0) is 20.8 Å². The predicted molar refractivity (Wildman–Crippen MR) is 39.0 cm³/mol. The van der Waals surface area contributed by atoms with Gasteiger partial charge in [-0.1, -0.05) is 0 Å². The molecule has 0 aromatic rings. The van der Waals surface area contributed by atoms with E-state index in [1.54, 1.807) is 0 Å².